The Labute approximate surface area is 124 Å². The first-order valence-corrected chi connectivity index (χ1v) is 7.65. The van der Waals surface area contributed by atoms with Gasteiger partial charge in [0.2, 0.25) is 10.3 Å². The van der Waals surface area contributed by atoms with E-state index in [0.29, 0.717) is 16.0 Å². The molecule has 2 rings (SSSR count). The molecule has 0 saturated heterocycles. The largest absolute Gasteiger partial charge is 0.497 e. The summed E-state index contributed by atoms with van der Waals surface area (Å²) in [4.78, 5) is 15.8. The molecule has 1 N–H and O–H groups in total. The Morgan fingerprint density at radius 2 is 2.05 bits per heavy atom. The number of thioether (sulfide) groups is 1. The maximum atomic E-state index is 11.7. The first kappa shape index (κ1) is 14.6. The van der Waals surface area contributed by atoms with Crippen LogP contribution in [0, 0.1) is 0 Å². The minimum Gasteiger partial charge on any atom is -0.497 e. The van der Waals surface area contributed by atoms with Gasteiger partial charge < -0.3 is 9.47 Å². The van der Waals surface area contributed by atoms with E-state index in [1.165, 1.54) is 11.8 Å². The van der Waals surface area contributed by atoms with E-state index < -0.39 is 0 Å². The van der Waals surface area contributed by atoms with E-state index in [9.17, 15) is 4.79 Å². The summed E-state index contributed by atoms with van der Waals surface area (Å²) < 4.78 is 14.4. The fourth-order valence-corrected chi connectivity index (χ4v) is 2.46. The van der Waals surface area contributed by atoms with Crippen molar-refractivity contribution in [3.05, 3.63) is 24.3 Å². The highest BCUT2D eigenvalue weighted by Crippen LogP contribution is 2.18. The summed E-state index contributed by atoms with van der Waals surface area (Å²) in [6, 6.07) is 7.01. The minimum atomic E-state index is -0.273. The molecule has 0 atom stereocenters. The predicted molar refractivity (Wildman–Crippen MR) is 78.8 cm³/mol. The summed E-state index contributed by atoms with van der Waals surface area (Å²) >= 11 is 2.57. The third kappa shape index (κ3) is 4.10. The number of hydrogen-bond acceptors (Lipinski definition) is 7. The molecule has 0 aliphatic rings. The fourth-order valence-electron chi connectivity index (χ4n) is 1.32. The van der Waals surface area contributed by atoms with E-state index in [1.807, 2.05) is 6.26 Å². The lowest BCUT2D eigenvalue weighted by Gasteiger charge is -2.06. The van der Waals surface area contributed by atoms with Crippen LogP contribution in [0.3, 0.4) is 0 Å². The van der Waals surface area contributed by atoms with Crippen LogP contribution < -0.4 is 14.8 Å². The molecule has 0 unspecified atom stereocenters. The molecule has 1 heterocycles. The van der Waals surface area contributed by atoms with Gasteiger partial charge in [0.05, 0.1) is 7.11 Å². The number of rotatable bonds is 6. The number of carbonyl (C=O) groups excluding carboxylic acids is 1. The van der Waals surface area contributed by atoms with E-state index in [2.05, 4.69) is 14.7 Å². The number of nitrogens with zero attached hydrogens (tertiary/aromatic N) is 2. The van der Waals surface area contributed by atoms with Gasteiger partial charge in [-0.3, -0.25) is 10.1 Å². The van der Waals surface area contributed by atoms with Crippen LogP contribution in [0.25, 0.3) is 0 Å². The number of anilines is 1. The number of carbonyl (C=O) groups is 1. The highest BCUT2D eigenvalue weighted by molar-refractivity contribution is 7.98. The van der Waals surface area contributed by atoms with Gasteiger partial charge in [-0.15, -0.1) is 0 Å². The molecule has 6 nitrogen and oxygen atoms in total. The van der Waals surface area contributed by atoms with Crippen molar-refractivity contribution in [1.82, 2.24) is 9.36 Å². The van der Waals surface area contributed by atoms with Crippen LogP contribution in [0.5, 0.6) is 11.5 Å². The number of amides is 1. The lowest BCUT2D eigenvalue weighted by atomic mass is 10.3. The molecule has 0 spiro atoms. The van der Waals surface area contributed by atoms with Gasteiger partial charge in [-0.1, -0.05) is 11.8 Å². The lowest BCUT2D eigenvalue weighted by molar-refractivity contribution is -0.118. The van der Waals surface area contributed by atoms with E-state index >= 15 is 0 Å². The second-order valence-corrected chi connectivity index (χ2v) is 5.12. The normalized spacial score (nSPS) is 10.1. The highest BCUT2D eigenvalue weighted by atomic mass is 32.2. The first-order chi connectivity index (χ1) is 9.71. The summed E-state index contributed by atoms with van der Waals surface area (Å²) in [6.07, 6.45) is 1.88. The zero-order valence-corrected chi connectivity index (χ0v) is 12.6. The number of aromatic nitrogens is 2. The van der Waals surface area contributed by atoms with E-state index in [-0.39, 0.29) is 12.5 Å². The number of ether oxygens (including phenoxy) is 2. The molecular weight excluding hydrogens is 298 g/mol. The third-order valence-corrected chi connectivity index (χ3v) is 3.56. The SMILES string of the molecule is COc1ccc(OCC(=O)Nc2nc(SC)ns2)cc1. The molecule has 1 amide bonds. The van der Waals surface area contributed by atoms with Crippen LogP contribution >= 0.6 is 23.3 Å². The van der Waals surface area contributed by atoms with E-state index in [0.717, 1.165) is 17.3 Å². The van der Waals surface area contributed by atoms with E-state index in [1.54, 1.807) is 31.4 Å². The Hall–Kier alpha value is -1.80. The summed E-state index contributed by atoms with van der Waals surface area (Å²) in [5.41, 5.74) is 0. The zero-order valence-electron chi connectivity index (χ0n) is 11.0. The second-order valence-electron chi connectivity index (χ2n) is 3.60. The van der Waals surface area contributed by atoms with Gasteiger partial charge in [0.15, 0.2) is 6.61 Å². The molecule has 1 aromatic heterocycles. The highest BCUT2D eigenvalue weighted by Gasteiger charge is 2.08. The van der Waals surface area contributed by atoms with Gasteiger partial charge in [0.25, 0.3) is 5.91 Å². The van der Waals surface area contributed by atoms with Crippen LogP contribution in [0.4, 0.5) is 5.13 Å². The molecule has 0 saturated carbocycles. The van der Waals surface area contributed by atoms with Gasteiger partial charge in [0.1, 0.15) is 11.5 Å². The maximum Gasteiger partial charge on any atom is 0.264 e. The van der Waals surface area contributed by atoms with Crippen LogP contribution in [-0.2, 0) is 4.79 Å². The van der Waals surface area contributed by atoms with Crippen LogP contribution in [-0.4, -0.2) is 35.2 Å². The molecule has 0 radical (unpaired) electrons. The lowest BCUT2D eigenvalue weighted by Crippen LogP contribution is -2.20. The van der Waals surface area contributed by atoms with Crippen molar-refractivity contribution in [2.45, 2.75) is 5.16 Å². The van der Waals surface area contributed by atoms with Gasteiger partial charge >= 0.3 is 0 Å². The van der Waals surface area contributed by atoms with Crippen molar-refractivity contribution in [3.8, 4) is 11.5 Å². The molecule has 0 aliphatic carbocycles. The minimum absolute atomic E-state index is 0.0828. The average molecular weight is 311 g/mol. The van der Waals surface area contributed by atoms with Crippen molar-refractivity contribution >= 4 is 34.3 Å². The molecule has 0 bridgehead atoms. The Morgan fingerprint density at radius 3 is 2.65 bits per heavy atom. The Balaban J connectivity index is 1.82. The Kier molecular flexibility index (Phi) is 5.19. The molecule has 106 valence electrons. The molecule has 1 aromatic carbocycles. The number of benzene rings is 1. The van der Waals surface area contributed by atoms with Crippen molar-refractivity contribution < 1.29 is 14.3 Å². The molecule has 2 aromatic rings. The molecule has 8 heteroatoms. The fraction of sp³-hybridized carbons (Fsp3) is 0.250. The molecular formula is C12H13N3O3S2. The zero-order chi connectivity index (χ0) is 14.4. The van der Waals surface area contributed by atoms with Crippen LogP contribution in [0.15, 0.2) is 29.4 Å². The maximum absolute atomic E-state index is 11.7. The molecule has 0 fully saturated rings. The van der Waals surface area contributed by atoms with Gasteiger partial charge in [-0.25, -0.2) is 0 Å². The summed E-state index contributed by atoms with van der Waals surface area (Å²) in [7, 11) is 1.59. The number of hydrogen-bond donors (Lipinski definition) is 1. The predicted octanol–water partition coefficient (Wildman–Crippen LogP) is 2.29. The van der Waals surface area contributed by atoms with Crippen molar-refractivity contribution in [1.29, 1.82) is 0 Å². The van der Waals surface area contributed by atoms with E-state index in [4.69, 9.17) is 9.47 Å². The second kappa shape index (κ2) is 7.11. The van der Waals surface area contributed by atoms with Gasteiger partial charge in [-0.2, -0.15) is 9.36 Å². The third-order valence-electron chi connectivity index (χ3n) is 2.27. The average Bonchev–Trinajstić information content (AvgIpc) is 2.93. The van der Waals surface area contributed by atoms with Crippen LogP contribution in [0.2, 0.25) is 0 Å². The quantitative estimate of drug-likeness (QED) is 0.825. The Morgan fingerprint density at radius 1 is 1.35 bits per heavy atom. The van der Waals surface area contributed by atoms with Crippen molar-refractivity contribution in [2.24, 2.45) is 0 Å². The number of nitrogens with one attached hydrogen (secondary N) is 1. The number of methoxy groups -OCH3 is 1. The molecule has 20 heavy (non-hydrogen) atoms. The topological polar surface area (TPSA) is 73.3 Å². The summed E-state index contributed by atoms with van der Waals surface area (Å²) in [5, 5.41) is 3.74. The standard InChI is InChI=1S/C12H13N3O3S2/c1-17-8-3-5-9(6-4-8)18-7-10(16)13-11-14-12(19-2)15-20-11/h3-6H,7H2,1-2H3,(H,13,14,15,16). The smallest absolute Gasteiger partial charge is 0.264 e. The van der Waals surface area contributed by atoms with Gasteiger partial charge in [0, 0.05) is 11.5 Å². The van der Waals surface area contributed by atoms with Gasteiger partial charge in [-0.05, 0) is 30.5 Å². The summed E-state index contributed by atoms with van der Waals surface area (Å²) in [5.74, 6) is 1.06. The van der Waals surface area contributed by atoms with Crippen LogP contribution in [0.1, 0.15) is 0 Å². The van der Waals surface area contributed by atoms with Crippen molar-refractivity contribution in [3.63, 3.8) is 0 Å². The molecule has 0 aliphatic heterocycles. The van der Waals surface area contributed by atoms with Crippen molar-refractivity contribution in [2.75, 3.05) is 25.3 Å². The Bertz CT molecular complexity index is 572. The first-order valence-electron chi connectivity index (χ1n) is 5.65. The monoisotopic (exact) mass is 311 g/mol. The summed E-state index contributed by atoms with van der Waals surface area (Å²) in [6.45, 7) is -0.0828.